The summed E-state index contributed by atoms with van der Waals surface area (Å²) in [5.74, 6) is 0.517. The van der Waals surface area contributed by atoms with Crippen LogP contribution in [0, 0.1) is 12.7 Å². The first-order chi connectivity index (χ1) is 14.5. The van der Waals surface area contributed by atoms with Gasteiger partial charge in [-0.2, -0.15) is 0 Å². The van der Waals surface area contributed by atoms with Crippen molar-refractivity contribution < 1.29 is 13.9 Å². The van der Waals surface area contributed by atoms with Gasteiger partial charge in [-0.25, -0.2) is 14.4 Å². The molecule has 6 nitrogen and oxygen atoms in total. The number of halogens is 1. The van der Waals surface area contributed by atoms with Crippen molar-refractivity contribution in [3.63, 3.8) is 0 Å². The van der Waals surface area contributed by atoms with Crippen molar-refractivity contribution in [2.45, 2.75) is 26.8 Å². The van der Waals surface area contributed by atoms with Crippen molar-refractivity contribution in [1.29, 1.82) is 0 Å². The minimum Gasteiger partial charge on any atom is -0.424 e. The second kappa shape index (κ2) is 6.95. The molecule has 0 radical (unpaired) electrons. The lowest BCUT2D eigenvalue weighted by atomic mass is 10.1. The average Bonchev–Trinajstić information content (AvgIpc) is 3.25. The van der Waals surface area contributed by atoms with E-state index in [1.54, 1.807) is 18.3 Å². The Balaban J connectivity index is 1.72. The van der Waals surface area contributed by atoms with E-state index in [1.165, 1.54) is 13.0 Å². The Morgan fingerprint density at radius 2 is 1.83 bits per heavy atom. The van der Waals surface area contributed by atoms with E-state index >= 15 is 0 Å². The molecule has 5 aromatic rings. The zero-order valence-corrected chi connectivity index (χ0v) is 16.6. The van der Waals surface area contributed by atoms with E-state index in [0.717, 1.165) is 16.9 Å². The Labute approximate surface area is 171 Å². The number of carbonyl (C=O) groups excluding carboxylic acids is 1. The van der Waals surface area contributed by atoms with Crippen molar-refractivity contribution >= 4 is 33.7 Å². The summed E-state index contributed by atoms with van der Waals surface area (Å²) < 4.78 is 23.4. The van der Waals surface area contributed by atoms with Gasteiger partial charge in [-0.3, -0.25) is 9.20 Å². The van der Waals surface area contributed by atoms with Crippen LogP contribution in [0.5, 0.6) is 5.75 Å². The standard InChI is InChI=1S/C23H19FN4O2/c1-14-25-22-21(23-26-18-9-5-6-10-19(18)28(14)23)20(30-15(2)29)13-27(22)12-11-16-7-3-4-8-17(16)24/h3-10,13H,11-12H2,1-2H3. The third-order valence-corrected chi connectivity index (χ3v) is 5.22. The zero-order valence-electron chi connectivity index (χ0n) is 16.6. The number of hydrogen-bond acceptors (Lipinski definition) is 4. The fourth-order valence-electron chi connectivity index (χ4n) is 3.92. The summed E-state index contributed by atoms with van der Waals surface area (Å²) in [7, 11) is 0. The molecule has 0 aliphatic carbocycles. The second-order valence-electron chi connectivity index (χ2n) is 7.24. The Bertz CT molecular complexity index is 1430. The predicted octanol–water partition coefficient (Wildman–Crippen LogP) is 4.45. The molecular formula is C23H19FN4O2. The number of nitrogens with zero attached hydrogens (tertiary/aromatic N) is 4. The molecule has 0 saturated carbocycles. The fraction of sp³-hybridized carbons (Fsp3) is 0.174. The van der Waals surface area contributed by atoms with Gasteiger partial charge in [-0.1, -0.05) is 30.3 Å². The molecule has 0 fully saturated rings. The molecule has 0 spiro atoms. The number of aryl methyl sites for hydroxylation is 3. The Kier molecular flexibility index (Phi) is 4.24. The molecule has 0 bridgehead atoms. The highest BCUT2D eigenvalue weighted by atomic mass is 19.1. The monoisotopic (exact) mass is 402 g/mol. The molecule has 150 valence electrons. The molecule has 3 aromatic heterocycles. The Morgan fingerprint density at radius 1 is 1.07 bits per heavy atom. The lowest BCUT2D eigenvalue weighted by molar-refractivity contribution is -0.131. The molecule has 0 N–H and O–H groups in total. The first-order valence-corrected chi connectivity index (χ1v) is 9.71. The molecule has 0 aliphatic rings. The van der Waals surface area contributed by atoms with Crippen LogP contribution in [-0.2, 0) is 17.8 Å². The van der Waals surface area contributed by atoms with Crippen LogP contribution in [0.4, 0.5) is 4.39 Å². The molecule has 5 rings (SSSR count). The average molecular weight is 402 g/mol. The van der Waals surface area contributed by atoms with E-state index in [4.69, 9.17) is 14.7 Å². The van der Waals surface area contributed by atoms with E-state index < -0.39 is 5.97 Å². The van der Waals surface area contributed by atoms with E-state index in [0.29, 0.717) is 41.0 Å². The number of carbonyl (C=O) groups is 1. The first kappa shape index (κ1) is 18.3. The Hall–Kier alpha value is -3.74. The summed E-state index contributed by atoms with van der Waals surface area (Å²) in [5.41, 5.74) is 3.73. The summed E-state index contributed by atoms with van der Waals surface area (Å²) in [4.78, 5) is 21.3. The number of fused-ring (bicyclic) bond motifs is 5. The van der Waals surface area contributed by atoms with Gasteiger partial charge in [0, 0.05) is 19.7 Å². The molecule has 7 heteroatoms. The van der Waals surface area contributed by atoms with Gasteiger partial charge in [-0.05, 0) is 37.1 Å². The van der Waals surface area contributed by atoms with Crippen molar-refractivity contribution in [3.8, 4) is 5.75 Å². The first-order valence-electron chi connectivity index (χ1n) is 9.71. The summed E-state index contributed by atoms with van der Waals surface area (Å²) in [6, 6.07) is 14.5. The number of ether oxygens (including phenoxy) is 1. The van der Waals surface area contributed by atoms with E-state index in [-0.39, 0.29) is 5.82 Å². The number of para-hydroxylation sites is 2. The minimum absolute atomic E-state index is 0.236. The third kappa shape index (κ3) is 2.90. The van der Waals surface area contributed by atoms with Crippen LogP contribution >= 0.6 is 0 Å². The van der Waals surface area contributed by atoms with Crippen LogP contribution in [0.3, 0.4) is 0 Å². The van der Waals surface area contributed by atoms with Crippen LogP contribution in [-0.4, -0.2) is 24.9 Å². The summed E-state index contributed by atoms with van der Waals surface area (Å²) in [5, 5.41) is 0.667. The fourth-order valence-corrected chi connectivity index (χ4v) is 3.92. The molecule has 0 amide bonds. The van der Waals surface area contributed by atoms with Gasteiger partial charge < -0.3 is 9.30 Å². The zero-order chi connectivity index (χ0) is 20.8. The lowest BCUT2D eigenvalue weighted by Gasteiger charge is -2.07. The number of esters is 1. The van der Waals surface area contributed by atoms with Crippen molar-refractivity contribution in [1.82, 2.24) is 18.9 Å². The molecule has 2 aromatic carbocycles. The summed E-state index contributed by atoms with van der Waals surface area (Å²) in [6.07, 6.45) is 2.23. The van der Waals surface area contributed by atoms with E-state index in [9.17, 15) is 9.18 Å². The third-order valence-electron chi connectivity index (χ3n) is 5.22. The molecule has 0 unspecified atom stereocenters. The molecule has 30 heavy (non-hydrogen) atoms. The van der Waals surface area contributed by atoms with Crippen molar-refractivity contribution in [2.75, 3.05) is 0 Å². The lowest BCUT2D eigenvalue weighted by Crippen LogP contribution is -2.04. The van der Waals surface area contributed by atoms with Crippen LogP contribution in [0.15, 0.2) is 54.7 Å². The summed E-state index contributed by atoms with van der Waals surface area (Å²) in [6.45, 7) is 3.77. The molecule has 0 saturated heterocycles. The van der Waals surface area contributed by atoms with Gasteiger partial charge in [0.2, 0.25) is 0 Å². The Morgan fingerprint density at radius 3 is 2.63 bits per heavy atom. The van der Waals surface area contributed by atoms with Crippen LogP contribution < -0.4 is 4.74 Å². The van der Waals surface area contributed by atoms with Gasteiger partial charge in [0.25, 0.3) is 0 Å². The van der Waals surface area contributed by atoms with Gasteiger partial charge in [0.1, 0.15) is 22.7 Å². The maximum atomic E-state index is 14.1. The van der Waals surface area contributed by atoms with Crippen LogP contribution in [0.25, 0.3) is 27.7 Å². The van der Waals surface area contributed by atoms with Crippen molar-refractivity contribution in [3.05, 3.63) is 71.9 Å². The largest absolute Gasteiger partial charge is 0.424 e. The molecule has 0 atom stereocenters. The molecular weight excluding hydrogens is 383 g/mol. The van der Waals surface area contributed by atoms with Crippen molar-refractivity contribution in [2.24, 2.45) is 0 Å². The van der Waals surface area contributed by atoms with E-state index in [2.05, 4.69) is 0 Å². The number of hydrogen-bond donors (Lipinski definition) is 0. The highest BCUT2D eigenvalue weighted by Gasteiger charge is 2.20. The quantitative estimate of drug-likeness (QED) is 0.417. The number of imidazole rings is 1. The highest BCUT2D eigenvalue weighted by Crippen LogP contribution is 2.33. The predicted molar refractivity (Wildman–Crippen MR) is 112 cm³/mol. The maximum Gasteiger partial charge on any atom is 0.308 e. The van der Waals surface area contributed by atoms with Gasteiger partial charge in [-0.15, -0.1) is 0 Å². The van der Waals surface area contributed by atoms with Gasteiger partial charge in [0.05, 0.1) is 11.0 Å². The van der Waals surface area contributed by atoms with Gasteiger partial charge >= 0.3 is 5.97 Å². The maximum absolute atomic E-state index is 14.1. The second-order valence-corrected chi connectivity index (χ2v) is 7.24. The number of aromatic nitrogens is 4. The van der Waals surface area contributed by atoms with Gasteiger partial charge in [0.15, 0.2) is 11.4 Å². The van der Waals surface area contributed by atoms with Crippen LogP contribution in [0.1, 0.15) is 18.3 Å². The van der Waals surface area contributed by atoms with Crippen LogP contribution in [0.2, 0.25) is 0 Å². The van der Waals surface area contributed by atoms with E-state index in [1.807, 2.05) is 46.2 Å². The number of benzene rings is 2. The smallest absolute Gasteiger partial charge is 0.308 e. The topological polar surface area (TPSA) is 61.4 Å². The number of rotatable bonds is 4. The summed E-state index contributed by atoms with van der Waals surface area (Å²) >= 11 is 0. The SMILES string of the molecule is CC(=O)Oc1cn(CCc2ccccc2F)c2nc(C)n3c4ccccc4nc3c12. The normalized spacial score (nSPS) is 11.6. The molecule has 0 aliphatic heterocycles. The minimum atomic E-state index is -0.419. The highest BCUT2D eigenvalue weighted by molar-refractivity contribution is 6.00. The molecule has 3 heterocycles.